The van der Waals surface area contributed by atoms with Gasteiger partial charge >= 0.3 is 0 Å². The van der Waals surface area contributed by atoms with Gasteiger partial charge in [0.1, 0.15) is 18.1 Å². The van der Waals surface area contributed by atoms with Crippen LogP contribution < -0.4 is 14.8 Å². The van der Waals surface area contributed by atoms with E-state index in [2.05, 4.69) is 11.9 Å². The minimum atomic E-state index is -0.538. The van der Waals surface area contributed by atoms with E-state index in [0.29, 0.717) is 24.5 Å². The lowest BCUT2D eigenvalue weighted by Crippen LogP contribution is -2.32. The highest BCUT2D eigenvalue weighted by atomic mass is 16.5. The predicted molar refractivity (Wildman–Crippen MR) is 96.6 cm³/mol. The van der Waals surface area contributed by atoms with Gasteiger partial charge in [0.2, 0.25) is 0 Å². The van der Waals surface area contributed by atoms with Gasteiger partial charge in [-0.1, -0.05) is 37.3 Å². The van der Waals surface area contributed by atoms with Gasteiger partial charge in [-0.25, -0.2) is 0 Å². The van der Waals surface area contributed by atoms with E-state index in [-0.39, 0.29) is 5.91 Å². The summed E-state index contributed by atoms with van der Waals surface area (Å²) < 4.78 is 11.2. The fourth-order valence-corrected chi connectivity index (χ4v) is 2.12. The molecule has 4 nitrogen and oxygen atoms in total. The Bertz CT molecular complexity index is 662. The first-order valence-corrected chi connectivity index (χ1v) is 8.00. The summed E-state index contributed by atoms with van der Waals surface area (Å²) >= 11 is 0. The Morgan fingerprint density at radius 2 is 1.75 bits per heavy atom. The number of benzene rings is 2. The lowest BCUT2D eigenvalue weighted by atomic mass is 10.2. The maximum atomic E-state index is 12.4. The van der Waals surface area contributed by atoms with Crippen LogP contribution >= 0.6 is 0 Å². The first-order valence-electron chi connectivity index (χ1n) is 8.00. The largest absolute Gasteiger partial charge is 0.490 e. The molecule has 1 atom stereocenters. The molecule has 1 N–H and O–H groups in total. The van der Waals surface area contributed by atoms with E-state index in [9.17, 15) is 4.79 Å². The third-order valence-corrected chi connectivity index (χ3v) is 3.45. The van der Waals surface area contributed by atoms with Gasteiger partial charge in [-0.2, -0.15) is 0 Å². The number of anilines is 1. The first-order chi connectivity index (χ1) is 11.6. The molecule has 0 spiro atoms. The summed E-state index contributed by atoms with van der Waals surface area (Å²) in [6.45, 7) is 7.99. The van der Waals surface area contributed by atoms with E-state index < -0.39 is 6.10 Å². The second kappa shape index (κ2) is 8.77. The van der Waals surface area contributed by atoms with Crippen molar-refractivity contribution in [1.29, 1.82) is 0 Å². The molecule has 0 heterocycles. The van der Waals surface area contributed by atoms with Crippen molar-refractivity contribution in [3.8, 4) is 11.5 Å². The number of aryl methyl sites for hydroxylation is 1. The third kappa shape index (κ3) is 5.16. The van der Waals surface area contributed by atoms with Crippen LogP contribution in [0.3, 0.4) is 0 Å². The van der Waals surface area contributed by atoms with Gasteiger partial charge in [0.15, 0.2) is 6.10 Å². The van der Waals surface area contributed by atoms with Crippen molar-refractivity contribution >= 4 is 11.6 Å². The van der Waals surface area contributed by atoms with Gasteiger partial charge < -0.3 is 14.8 Å². The number of ether oxygens (including phenoxy) is 2. The number of hydrogen-bond acceptors (Lipinski definition) is 3. The Kier molecular flexibility index (Phi) is 6.43. The van der Waals surface area contributed by atoms with Crippen molar-refractivity contribution < 1.29 is 14.3 Å². The Morgan fingerprint density at radius 3 is 2.33 bits per heavy atom. The zero-order chi connectivity index (χ0) is 17.4. The van der Waals surface area contributed by atoms with E-state index in [1.807, 2.05) is 38.1 Å². The molecule has 0 aliphatic rings. The smallest absolute Gasteiger partial charge is 0.265 e. The highest BCUT2D eigenvalue weighted by molar-refractivity contribution is 5.94. The molecule has 0 fully saturated rings. The van der Waals surface area contributed by atoms with Gasteiger partial charge in [0.05, 0.1) is 0 Å². The second-order valence-electron chi connectivity index (χ2n) is 5.44. The monoisotopic (exact) mass is 325 g/mol. The van der Waals surface area contributed by atoms with Crippen molar-refractivity contribution in [2.45, 2.75) is 26.4 Å². The molecular formula is C20H23NO3. The standard InChI is InChI=1S/C20H23NO3/c1-4-14-23-17-12-8-16(9-13-17)21-20(22)19(5-2)24-18-10-6-15(3)7-11-18/h4,6-13,19H,1,5,14H2,2-3H3,(H,21,22). The van der Waals surface area contributed by atoms with Crippen LogP contribution in [0.5, 0.6) is 11.5 Å². The zero-order valence-electron chi connectivity index (χ0n) is 14.1. The molecule has 1 unspecified atom stereocenters. The molecule has 0 aliphatic heterocycles. The van der Waals surface area contributed by atoms with Crippen LogP contribution in [-0.2, 0) is 4.79 Å². The van der Waals surface area contributed by atoms with Crippen LogP contribution in [-0.4, -0.2) is 18.6 Å². The average Bonchev–Trinajstić information content (AvgIpc) is 2.60. The zero-order valence-corrected chi connectivity index (χ0v) is 14.1. The van der Waals surface area contributed by atoms with Crippen LogP contribution in [0.1, 0.15) is 18.9 Å². The lowest BCUT2D eigenvalue weighted by Gasteiger charge is -2.17. The third-order valence-electron chi connectivity index (χ3n) is 3.45. The Morgan fingerprint density at radius 1 is 1.12 bits per heavy atom. The summed E-state index contributed by atoms with van der Waals surface area (Å²) in [7, 11) is 0. The molecule has 0 aromatic heterocycles. The predicted octanol–water partition coefficient (Wildman–Crippen LogP) is 4.36. The van der Waals surface area contributed by atoms with Gasteiger partial charge in [0, 0.05) is 5.69 Å². The molecule has 2 rings (SSSR count). The van der Waals surface area contributed by atoms with Crippen molar-refractivity contribution in [2.24, 2.45) is 0 Å². The van der Waals surface area contributed by atoms with E-state index in [0.717, 1.165) is 11.3 Å². The van der Waals surface area contributed by atoms with Crippen molar-refractivity contribution in [2.75, 3.05) is 11.9 Å². The minimum absolute atomic E-state index is 0.169. The summed E-state index contributed by atoms with van der Waals surface area (Å²) in [6, 6.07) is 14.9. The molecule has 0 saturated heterocycles. The lowest BCUT2D eigenvalue weighted by molar-refractivity contribution is -0.122. The summed E-state index contributed by atoms with van der Waals surface area (Å²) in [5.41, 5.74) is 1.86. The first kappa shape index (κ1) is 17.6. The summed E-state index contributed by atoms with van der Waals surface area (Å²) in [4.78, 5) is 12.4. The fourth-order valence-electron chi connectivity index (χ4n) is 2.12. The van der Waals surface area contributed by atoms with Crippen LogP contribution in [0.2, 0.25) is 0 Å². The van der Waals surface area contributed by atoms with E-state index in [1.54, 1.807) is 30.3 Å². The van der Waals surface area contributed by atoms with Crippen molar-refractivity contribution in [3.05, 3.63) is 66.7 Å². The van der Waals surface area contributed by atoms with Gasteiger partial charge in [0.25, 0.3) is 5.91 Å². The number of nitrogens with one attached hydrogen (secondary N) is 1. The van der Waals surface area contributed by atoms with Gasteiger partial charge in [-0.3, -0.25) is 4.79 Å². The van der Waals surface area contributed by atoms with Crippen molar-refractivity contribution in [3.63, 3.8) is 0 Å². The number of rotatable bonds is 8. The van der Waals surface area contributed by atoms with Crippen molar-refractivity contribution in [1.82, 2.24) is 0 Å². The van der Waals surface area contributed by atoms with Crippen LogP contribution in [0.4, 0.5) is 5.69 Å². The van der Waals surface area contributed by atoms with Crippen LogP contribution in [0.25, 0.3) is 0 Å². The molecule has 0 aliphatic carbocycles. The molecular weight excluding hydrogens is 302 g/mol. The fraction of sp³-hybridized carbons (Fsp3) is 0.250. The quantitative estimate of drug-likeness (QED) is 0.734. The molecule has 24 heavy (non-hydrogen) atoms. The maximum Gasteiger partial charge on any atom is 0.265 e. The maximum absolute atomic E-state index is 12.4. The number of amides is 1. The Labute approximate surface area is 143 Å². The van der Waals surface area contributed by atoms with Crippen LogP contribution in [0, 0.1) is 6.92 Å². The minimum Gasteiger partial charge on any atom is -0.490 e. The number of hydrogen-bond donors (Lipinski definition) is 1. The van der Waals surface area contributed by atoms with E-state index in [1.165, 1.54) is 0 Å². The molecule has 0 saturated carbocycles. The van der Waals surface area contributed by atoms with Crippen LogP contribution in [0.15, 0.2) is 61.2 Å². The summed E-state index contributed by atoms with van der Waals surface area (Å²) in [5.74, 6) is 1.25. The SMILES string of the molecule is C=CCOc1ccc(NC(=O)C(CC)Oc2ccc(C)cc2)cc1. The molecule has 2 aromatic rings. The van der Waals surface area contributed by atoms with E-state index >= 15 is 0 Å². The Balaban J connectivity index is 1.95. The van der Waals surface area contributed by atoms with Gasteiger partial charge in [-0.15, -0.1) is 0 Å². The highest BCUT2D eigenvalue weighted by Crippen LogP contribution is 2.18. The molecule has 1 amide bonds. The average molecular weight is 325 g/mol. The Hall–Kier alpha value is -2.75. The number of carbonyl (C=O) groups excluding carboxylic acids is 1. The molecule has 0 radical (unpaired) electrons. The number of carbonyl (C=O) groups is 1. The summed E-state index contributed by atoms with van der Waals surface area (Å²) in [6.07, 6.45) is 1.73. The molecule has 2 aromatic carbocycles. The highest BCUT2D eigenvalue weighted by Gasteiger charge is 2.18. The molecule has 0 bridgehead atoms. The van der Waals surface area contributed by atoms with E-state index in [4.69, 9.17) is 9.47 Å². The second-order valence-corrected chi connectivity index (χ2v) is 5.44. The topological polar surface area (TPSA) is 47.6 Å². The summed E-state index contributed by atoms with van der Waals surface area (Å²) in [5, 5.41) is 2.87. The molecule has 126 valence electrons. The normalized spacial score (nSPS) is 11.4. The molecule has 4 heteroatoms. The van der Waals surface area contributed by atoms with Gasteiger partial charge in [-0.05, 0) is 49.7 Å².